The van der Waals surface area contributed by atoms with Crippen molar-refractivity contribution in [3.8, 4) is 6.07 Å². The number of nitrogens with zero attached hydrogens (tertiary/aromatic N) is 2. The van der Waals surface area contributed by atoms with Crippen LogP contribution in [0.15, 0.2) is 30.5 Å². The third kappa shape index (κ3) is 2.21. The fourth-order valence-corrected chi connectivity index (χ4v) is 2.43. The van der Waals surface area contributed by atoms with E-state index in [9.17, 15) is 0 Å². The van der Waals surface area contributed by atoms with Crippen LogP contribution in [0.2, 0.25) is 0 Å². The van der Waals surface area contributed by atoms with Crippen LogP contribution in [0.3, 0.4) is 0 Å². The fourth-order valence-electron chi connectivity index (χ4n) is 2.43. The van der Waals surface area contributed by atoms with E-state index in [-0.39, 0.29) is 11.2 Å². The molecule has 1 fully saturated rings. The van der Waals surface area contributed by atoms with E-state index in [2.05, 4.69) is 11.1 Å². The van der Waals surface area contributed by atoms with Crippen LogP contribution < -0.4 is 5.46 Å². The summed E-state index contributed by atoms with van der Waals surface area (Å²) in [6, 6.07) is 9.77. The van der Waals surface area contributed by atoms with Crippen LogP contribution in [-0.2, 0) is 9.31 Å². The van der Waals surface area contributed by atoms with E-state index in [0.717, 1.165) is 16.2 Å². The molecule has 1 aliphatic rings. The second kappa shape index (κ2) is 4.55. The monoisotopic (exact) mass is 280 g/mol. The Morgan fingerprint density at radius 3 is 2.43 bits per heavy atom. The minimum absolute atomic E-state index is 0.384. The minimum Gasteiger partial charge on any atom is -0.399 e. The molecule has 5 heteroatoms. The Hall–Kier alpha value is -1.90. The van der Waals surface area contributed by atoms with Gasteiger partial charge in [0.2, 0.25) is 0 Å². The second-order valence-corrected chi connectivity index (χ2v) is 6.34. The van der Waals surface area contributed by atoms with E-state index >= 15 is 0 Å². The van der Waals surface area contributed by atoms with Crippen molar-refractivity contribution in [2.24, 2.45) is 0 Å². The number of hydrogen-bond acceptors (Lipinski definition) is 4. The zero-order valence-electron chi connectivity index (χ0n) is 12.7. The molecule has 1 aromatic carbocycles. The van der Waals surface area contributed by atoms with Gasteiger partial charge in [-0.15, -0.1) is 0 Å². The molecular formula is C16H17BN2O2. The normalized spacial score (nSPS) is 19.7. The number of aromatic nitrogens is 1. The predicted octanol–water partition coefficient (Wildman–Crippen LogP) is 2.41. The number of nitriles is 1. The van der Waals surface area contributed by atoms with Crippen molar-refractivity contribution < 1.29 is 9.31 Å². The van der Waals surface area contributed by atoms with E-state index in [0.29, 0.717) is 5.69 Å². The number of hydrogen-bond donors (Lipinski definition) is 0. The summed E-state index contributed by atoms with van der Waals surface area (Å²) in [5.74, 6) is 0. The first-order chi connectivity index (χ1) is 9.84. The second-order valence-electron chi connectivity index (χ2n) is 6.34. The van der Waals surface area contributed by atoms with Crippen LogP contribution in [0.1, 0.15) is 33.4 Å². The molecule has 0 aliphatic carbocycles. The highest BCUT2D eigenvalue weighted by molar-refractivity contribution is 6.65. The van der Waals surface area contributed by atoms with Crippen LogP contribution in [0.4, 0.5) is 0 Å². The van der Waals surface area contributed by atoms with Gasteiger partial charge in [0.1, 0.15) is 11.8 Å². The zero-order valence-corrected chi connectivity index (χ0v) is 12.7. The molecule has 0 unspecified atom stereocenters. The molecule has 1 aliphatic heterocycles. The lowest BCUT2D eigenvalue weighted by Crippen LogP contribution is -2.41. The molecule has 2 aromatic rings. The third-order valence-electron chi connectivity index (χ3n) is 4.42. The maximum Gasteiger partial charge on any atom is 0.495 e. The minimum atomic E-state index is -0.437. The summed E-state index contributed by atoms with van der Waals surface area (Å²) in [7, 11) is -0.437. The first-order valence-electron chi connectivity index (χ1n) is 6.98. The smallest absolute Gasteiger partial charge is 0.399 e. The van der Waals surface area contributed by atoms with Crippen molar-refractivity contribution in [2.75, 3.05) is 0 Å². The molecular weight excluding hydrogens is 263 g/mol. The maximum atomic E-state index is 9.04. The quantitative estimate of drug-likeness (QED) is 0.753. The lowest BCUT2D eigenvalue weighted by Gasteiger charge is -2.32. The topological polar surface area (TPSA) is 55.1 Å². The summed E-state index contributed by atoms with van der Waals surface area (Å²) in [5, 5.41) is 11.0. The van der Waals surface area contributed by atoms with Gasteiger partial charge in [0.05, 0.1) is 11.2 Å². The highest BCUT2D eigenvalue weighted by Gasteiger charge is 2.52. The Morgan fingerprint density at radius 2 is 1.81 bits per heavy atom. The molecule has 4 nitrogen and oxygen atoms in total. The third-order valence-corrected chi connectivity index (χ3v) is 4.42. The molecule has 1 saturated heterocycles. The van der Waals surface area contributed by atoms with Crippen LogP contribution >= 0.6 is 0 Å². The molecule has 21 heavy (non-hydrogen) atoms. The number of fused-ring (bicyclic) bond motifs is 1. The Kier molecular flexibility index (Phi) is 3.05. The van der Waals surface area contributed by atoms with Crippen LogP contribution in [0, 0.1) is 11.3 Å². The fraction of sp³-hybridized carbons (Fsp3) is 0.375. The average Bonchev–Trinajstić information content (AvgIpc) is 2.66. The Balaban J connectivity index is 2.12. The zero-order chi connectivity index (χ0) is 15.3. The molecule has 0 radical (unpaired) electrons. The van der Waals surface area contributed by atoms with E-state index in [1.165, 1.54) is 0 Å². The molecule has 0 N–H and O–H groups in total. The first kappa shape index (κ1) is 14.1. The van der Waals surface area contributed by atoms with Gasteiger partial charge in [0, 0.05) is 6.20 Å². The van der Waals surface area contributed by atoms with Gasteiger partial charge in [-0.25, -0.2) is 4.98 Å². The Bertz CT molecular complexity index is 734. The Morgan fingerprint density at radius 1 is 1.14 bits per heavy atom. The highest BCUT2D eigenvalue weighted by Crippen LogP contribution is 2.36. The van der Waals surface area contributed by atoms with Crippen molar-refractivity contribution in [1.29, 1.82) is 5.26 Å². The van der Waals surface area contributed by atoms with Crippen molar-refractivity contribution >= 4 is 23.4 Å². The average molecular weight is 280 g/mol. The molecule has 0 bridgehead atoms. The lowest BCUT2D eigenvalue weighted by molar-refractivity contribution is 0.00578. The van der Waals surface area contributed by atoms with Gasteiger partial charge in [-0.2, -0.15) is 5.26 Å². The molecule has 1 aromatic heterocycles. The van der Waals surface area contributed by atoms with Gasteiger partial charge in [-0.3, -0.25) is 0 Å². The molecule has 0 atom stereocenters. The molecule has 0 spiro atoms. The summed E-state index contributed by atoms with van der Waals surface area (Å²) in [6.07, 6.45) is 1.71. The molecule has 0 amide bonds. The van der Waals surface area contributed by atoms with Crippen molar-refractivity contribution in [2.45, 2.75) is 38.9 Å². The number of rotatable bonds is 1. The Labute approximate surface area is 124 Å². The summed E-state index contributed by atoms with van der Waals surface area (Å²) in [5.41, 5.74) is 0.562. The number of pyridine rings is 1. The van der Waals surface area contributed by atoms with Gasteiger partial charge in [-0.05, 0) is 50.0 Å². The molecule has 2 heterocycles. The van der Waals surface area contributed by atoms with E-state index in [1.807, 2.05) is 45.9 Å². The highest BCUT2D eigenvalue weighted by atomic mass is 16.7. The summed E-state index contributed by atoms with van der Waals surface area (Å²) >= 11 is 0. The molecule has 3 rings (SSSR count). The standard InChI is InChI=1S/C16H17BN2O2/c1-15(2)16(3,4)21-17(20-15)14-7-5-6-11-10-19-12(9-18)8-13(11)14/h5-8,10H,1-4H3. The first-order valence-corrected chi connectivity index (χ1v) is 6.98. The van der Waals surface area contributed by atoms with E-state index < -0.39 is 7.12 Å². The van der Waals surface area contributed by atoms with Gasteiger partial charge in [-0.1, -0.05) is 18.2 Å². The summed E-state index contributed by atoms with van der Waals surface area (Å²) in [6.45, 7) is 8.11. The van der Waals surface area contributed by atoms with Gasteiger partial charge in [0.15, 0.2) is 0 Å². The number of benzene rings is 1. The van der Waals surface area contributed by atoms with Crippen LogP contribution in [0.25, 0.3) is 10.8 Å². The van der Waals surface area contributed by atoms with E-state index in [4.69, 9.17) is 14.6 Å². The van der Waals surface area contributed by atoms with Crippen molar-refractivity contribution in [3.63, 3.8) is 0 Å². The molecule has 106 valence electrons. The van der Waals surface area contributed by atoms with Crippen molar-refractivity contribution in [1.82, 2.24) is 4.98 Å². The summed E-state index contributed by atoms with van der Waals surface area (Å²) < 4.78 is 12.2. The molecule has 0 saturated carbocycles. The predicted molar refractivity (Wildman–Crippen MR) is 82.2 cm³/mol. The lowest BCUT2D eigenvalue weighted by atomic mass is 9.76. The van der Waals surface area contributed by atoms with E-state index in [1.54, 1.807) is 12.3 Å². The van der Waals surface area contributed by atoms with Crippen LogP contribution in [0.5, 0.6) is 0 Å². The van der Waals surface area contributed by atoms with Crippen LogP contribution in [-0.4, -0.2) is 23.3 Å². The van der Waals surface area contributed by atoms with Gasteiger partial charge >= 0.3 is 7.12 Å². The van der Waals surface area contributed by atoms with Gasteiger partial charge in [0.25, 0.3) is 0 Å². The van der Waals surface area contributed by atoms with Crippen molar-refractivity contribution in [3.05, 3.63) is 36.2 Å². The maximum absolute atomic E-state index is 9.04. The van der Waals surface area contributed by atoms with Gasteiger partial charge < -0.3 is 9.31 Å². The SMILES string of the molecule is CC1(C)OB(c2cccc3cnc(C#N)cc23)OC1(C)C. The largest absolute Gasteiger partial charge is 0.495 e. The summed E-state index contributed by atoms with van der Waals surface area (Å²) in [4.78, 5) is 4.11.